The zero-order chi connectivity index (χ0) is 38.0. The second kappa shape index (κ2) is 14.7. The highest BCUT2D eigenvalue weighted by Crippen LogP contribution is 2.56. The molecule has 10 rings (SSSR count). The van der Waals surface area contributed by atoms with E-state index >= 15 is 0 Å². The van der Waals surface area contributed by atoms with Gasteiger partial charge in [0.25, 0.3) is 0 Å². The molecule has 0 bridgehead atoms. The third-order valence-electron chi connectivity index (χ3n) is 11.2. The van der Waals surface area contributed by atoms with Crippen LogP contribution in [-0.2, 0) is 5.41 Å². The molecule has 57 heavy (non-hydrogen) atoms. The van der Waals surface area contributed by atoms with Gasteiger partial charge in [-0.05, 0) is 99.1 Å². The summed E-state index contributed by atoms with van der Waals surface area (Å²) in [5.41, 5.74) is 14.4. The summed E-state index contributed by atoms with van der Waals surface area (Å²) in [6.07, 6.45) is 0. The number of benzene rings is 9. The largest absolute Gasteiger partial charge is 0.457 e. The minimum Gasteiger partial charge on any atom is -0.457 e. The molecule has 0 fully saturated rings. The third-order valence-corrected chi connectivity index (χ3v) is 11.2. The van der Waals surface area contributed by atoms with E-state index in [1.165, 1.54) is 33.4 Å². The summed E-state index contributed by atoms with van der Waals surface area (Å²) >= 11 is 0. The highest BCUT2D eigenvalue weighted by atomic mass is 16.5. The predicted octanol–water partition coefficient (Wildman–Crippen LogP) is 14.6. The van der Waals surface area contributed by atoms with Crippen LogP contribution in [0.25, 0.3) is 33.4 Å². The van der Waals surface area contributed by atoms with Crippen LogP contribution in [0.5, 0.6) is 11.5 Å². The van der Waals surface area contributed by atoms with Crippen LogP contribution in [-0.4, -0.2) is 0 Å². The Morgan fingerprint density at radius 2 is 0.632 bits per heavy atom. The van der Waals surface area contributed by atoms with Crippen molar-refractivity contribution < 1.29 is 4.74 Å². The van der Waals surface area contributed by atoms with Crippen molar-refractivity contribution in [1.29, 1.82) is 0 Å². The van der Waals surface area contributed by atoms with E-state index in [0.29, 0.717) is 0 Å². The molecule has 2 nitrogen and oxygen atoms in total. The first-order chi connectivity index (χ1) is 28.3. The van der Waals surface area contributed by atoms with Crippen LogP contribution < -0.4 is 9.64 Å². The van der Waals surface area contributed by atoms with Crippen molar-refractivity contribution in [2.75, 3.05) is 4.90 Å². The van der Waals surface area contributed by atoms with Gasteiger partial charge in [0.05, 0.1) is 5.41 Å². The minimum absolute atomic E-state index is 0.572. The summed E-state index contributed by atoms with van der Waals surface area (Å²) in [4.78, 5) is 2.33. The molecule has 9 aromatic carbocycles. The number of anilines is 3. The first-order valence-electron chi connectivity index (χ1n) is 19.5. The van der Waals surface area contributed by atoms with Crippen LogP contribution in [0.2, 0.25) is 0 Å². The minimum atomic E-state index is -0.572. The molecule has 9 aromatic rings. The van der Waals surface area contributed by atoms with E-state index in [9.17, 15) is 0 Å². The monoisotopic (exact) mass is 729 g/mol. The Balaban J connectivity index is 1.07. The summed E-state index contributed by atoms with van der Waals surface area (Å²) in [5.74, 6) is 1.74. The summed E-state index contributed by atoms with van der Waals surface area (Å²) in [6.45, 7) is 0. The zero-order valence-electron chi connectivity index (χ0n) is 31.4. The summed E-state index contributed by atoms with van der Waals surface area (Å²) in [6, 6.07) is 84.6. The SMILES string of the molecule is c1ccc(-c2ccc(N(c3ccc(-c4ccccc4)cc3)c3ccc(-c4ccc5c(c4)C(c4ccccc4)(c4ccccc4)c4ccccc4O5)cc3)cc2)cc1. The number of hydrogen-bond acceptors (Lipinski definition) is 2. The van der Waals surface area contributed by atoms with Gasteiger partial charge < -0.3 is 9.64 Å². The molecule has 0 N–H and O–H groups in total. The van der Waals surface area contributed by atoms with Gasteiger partial charge in [0.2, 0.25) is 0 Å². The van der Waals surface area contributed by atoms with Gasteiger partial charge in [-0.2, -0.15) is 0 Å². The van der Waals surface area contributed by atoms with Gasteiger partial charge in [-0.1, -0.05) is 182 Å². The Hall–Kier alpha value is -7.42. The highest BCUT2D eigenvalue weighted by molar-refractivity contribution is 5.82. The molecule has 0 saturated carbocycles. The lowest BCUT2D eigenvalue weighted by molar-refractivity contribution is 0.434. The molecule has 0 saturated heterocycles. The average molecular weight is 730 g/mol. The molecule has 0 atom stereocenters. The molecule has 0 aromatic heterocycles. The molecule has 0 unspecified atom stereocenters. The van der Waals surface area contributed by atoms with Crippen molar-refractivity contribution >= 4 is 17.1 Å². The van der Waals surface area contributed by atoms with Crippen molar-refractivity contribution in [2.24, 2.45) is 0 Å². The maximum Gasteiger partial charge on any atom is 0.132 e. The molecule has 1 heterocycles. The smallest absolute Gasteiger partial charge is 0.132 e. The number of fused-ring (bicyclic) bond motifs is 2. The van der Waals surface area contributed by atoms with E-state index in [-0.39, 0.29) is 0 Å². The number of hydrogen-bond donors (Lipinski definition) is 0. The van der Waals surface area contributed by atoms with Gasteiger partial charge in [0, 0.05) is 28.2 Å². The fourth-order valence-electron chi connectivity index (χ4n) is 8.50. The van der Waals surface area contributed by atoms with E-state index in [1.807, 2.05) is 0 Å². The quantitative estimate of drug-likeness (QED) is 0.154. The maximum atomic E-state index is 6.68. The lowest BCUT2D eigenvalue weighted by Gasteiger charge is -2.41. The summed E-state index contributed by atoms with van der Waals surface area (Å²) < 4.78 is 6.68. The van der Waals surface area contributed by atoms with E-state index < -0.39 is 5.41 Å². The molecule has 0 amide bonds. The van der Waals surface area contributed by atoms with Crippen molar-refractivity contribution in [3.05, 3.63) is 259 Å². The fraction of sp³-hybridized carbons (Fsp3) is 0.0182. The number of para-hydroxylation sites is 1. The van der Waals surface area contributed by atoms with E-state index in [4.69, 9.17) is 4.74 Å². The lowest BCUT2D eigenvalue weighted by Crippen LogP contribution is -2.34. The van der Waals surface area contributed by atoms with E-state index in [1.54, 1.807) is 0 Å². The van der Waals surface area contributed by atoms with Gasteiger partial charge in [0.1, 0.15) is 11.5 Å². The molecular formula is C55H39NO. The van der Waals surface area contributed by atoms with Gasteiger partial charge in [-0.15, -0.1) is 0 Å². The standard InChI is InChI=1S/C55H39NO/c1-5-15-40(16-6-1)42-25-32-48(33-26-42)56(49-34-27-43(28-35-49)41-17-7-2-8-18-41)50-36-29-44(30-37-50)45-31-38-54-52(39-45)55(46-19-9-3-10-20-46,47-21-11-4-12-22-47)51-23-13-14-24-53(51)57-54/h1-39H. The molecule has 2 heteroatoms. The van der Waals surface area contributed by atoms with Crippen LogP contribution in [0, 0.1) is 0 Å². The Bertz CT molecular complexity index is 2640. The first kappa shape index (κ1) is 34.1. The van der Waals surface area contributed by atoms with Crippen LogP contribution in [0.15, 0.2) is 237 Å². The zero-order valence-corrected chi connectivity index (χ0v) is 31.4. The van der Waals surface area contributed by atoms with Gasteiger partial charge in [-0.25, -0.2) is 0 Å². The molecule has 1 aliphatic heterocycles. The molecular weight excluding hydrogens is 691 g/mol. The number of ether oxygens (including phenoxy) is 1. The normalized spacial score (nSPS) is 12.5. The second-order valence-electron chi connectivity index (χ2n) is 14.5. The number of rotatable bonds is 8. The second-order valence-corrected chi connectivity index (χ2v) is 14.5. The lowest BCUT2D eigenvalue weighted by atomic mass is 9.63. The summed E-state index contributed by atoms with van der Waals surface area (Å²) in [7, 11) is 0. The Labute approximate surface area is 334 Å². The van der Waals surface area contributed by atoms with Crippen LogP contribution >= 0.6 is 0 Å². The van der Waals surface area contributed by atoms with Crippen LogP contribution in [0.3, 0.4) is 0 Å². The van der Waals surface area contributed by atoms with Crippen molar-refractivity contribution in [2.45, 2.75) is 5.41 Å². The topological polar surface area (TPSA) is 12.5 Å². The Kier molecular flexibility index (Phi) is 8.78. The molecule has 270 valence electrons. The van der Waals surface area contributed by atoms with Gasteiger partial charge >= 0.3 is 0 Å². The van der Waals surface area contributed by atoms with Crippen LogP contribution in [0.1, 0.15) is 22.3 Å². The average Bonchev–Trinajstić information content (AvgIpc) is 3.30. The summed E-state index contributed by atoms with van der Waals surface area (Å²) in [5, 5.41) is 0. The molecule has 0 spiro atoms. The first-order valence-corrected chi connectivity index (χ1v) is 19.5. The van der Waals surface area contributed by atoms with Gasteiger partial charge in [-0.3, -0.25) is 0 Å². The van der Waals surface area contributed by atoms with Crippen molar-refractivity contribution in [3.63, 3.8) is 0 Å². The third kappa shape index (κ3) is 6.18. The van der Waals surface area contributed by atoms with E-state index in [2.05, 4.69) is 241 Å². The molecule has 0 radical (unpaired) electrons. The highest BCUT2D eigenvalue weighted by Gasteiger charge is 2.45. The fourth-order valence-corrected chi connectivity index (χ4v) is 8.50. The van der Waals surface area contributed by atoms with Crippen molar-refractivity contribution in [3.8, 4) is 44.9 Å². The van der Waals surface area contributed by atoms with Gasteiger partial charge in [0.15, 0.2) is 0 Å². The predicted molar refractivity (Wildman–Crippen MR) is 236 cm³/mol. The Morgan fingerprint density at radius 3 is 1.11 bits per heavy atom. The van der Waals surface area contributed by atoms with E-state index in [0.717, 1.165) is 50.8 Å². The van der Waals surface area contributed by atoms with Crippen molar-refractivity contribution in [1.82, 2.24) is 0 Å². The Morgan fingerprint density at radius 1 is 0.281 bits per heavy atom. The molecule has 1 aliphatic rings. The number of nitrogens with zero attached hydrogens (tertiary/aromatic N) is 1. The maximum absolute atomic E-state index is 6.68. The van der Waals surface area contributed by atoms with Crippen LogP contribution in [0.4, 0.5) is 17.1 Å². The molecule has 0 aliphatic carbocycles.